The molecule has 0 amide bonds. The topological polar surface area (TPSA) is 125 Å². The zero-order chi connectivity index (χ0) is 14.9. The molecule has 1 aromatic rings. The number of rotatable bonds is 4. The molecular formula is C12H16N2O6. The van der Waals surface area contributed by atoms with Gasteiger partial charge in [0.05, 0.1) is 12.2 Å². The van der Waals surface area contributed by atoms with Crippen molar-refractivity contribution in [2.75, 3.05) is 6.61 Å². The molecule has 0 saturated carbocycles. The molecule has 1 aliphatic rings. The molecular weight excluding hydrogens is 268 g/mol. The smallest absolute Gasteiger partial charge is 0.328 e. The Bertz CT molecular complexity index is 607. The van der Waals surface area contributed by atoms with E-state index in [1.54, 1.807) is 0 Å². The van der Waals surface area contributed by atoms with Gasteiger partial charge in [0.1, 0.15) is 24.4 Å². The summed E-state index contributed by atoms with van der Waals surface area (Å²) in [7, 11) is 0. The van der Waals surface area contributed by atoms with E-state index in [0.717, 1.165) is 0 Å². The quantitative estimate of drug-likeness (QED) is 0.468. The Kier molecular flexibility index (Phi) is 4.19. The monoisotopic (exact) mass is 284 g/mol. The van der Waals surface area contributed by atoms with Crippen molar-refractivity contribution >= 4 is 0 Å². The molecule has 2 rings (SSSR count). The van der Waals surface area contributed by atoms with E-state index < -0.39 is 42.3 Å². The Morgan fingerprint density at radius 2 is 2.10 bits per heavy atom. The summed E-state index contributed by atoms with van der Waals surface area (Å²) < 4.78 is 6.46. The number of aromatic amines is 1. The van der Waals surface area contributed by atoms with Crippen LogP contribution in [0.3, 0.4) is 0 Å². The van der Waals surface area contributed by atoms with Gasteiger partial charge in [0.2, 0.25) is 0 Å². The number of allylic oxidation sites excluding steroid dienone is 1. The van der Waals surface area contributed by atoms with Crippen LogP contribution in [-0.4, -0.2) is 49.8 Å². The van der Waals surface area contributed by atoms with Crippen molar-refractivity contribution in [3.8, 4) is 0 Å². The van der Waals surface area contributed by atoms with Crippen LogP contribution in [0.1, 0.15) is 11.7 Å². The molecule has 2 heterocycles. The molecule has 0 radical (unpaired) electrons. The van der Waals surface area contributed by atoms with E-state index in [1.807, 2.05) is 0 Å². The molecule has 1 fully saturated rings. The molecule has 8 heteroatoms. The van der Waals surface area contributed by atoms with Crippen molar-refractivity contribution < 1.29 is 20.1 Å². The van der Waals surface area contributed by atoms with Crippen molar-refractivity contribution in [1.82, 2.24) is 9.55 Å². The fourth-order valence-corrected chi connectivity index (χ4v) is 2.16. The molecule has 0 spiro atoms. The van der Waals surface area contributed by atoms with Gasteiger partial charge >= 0.3 is 5.69 Å². The molecule has 4 atom stereocenters. The Balaban J connectivity index is 2.43. The van der Waals surface area contributed by atoms with Crippen LogP contribution in [-0.2, 0) is 11.3 Å². The molecule has 4 N–H and O–H groups in total. The first-order chi connectivity index (χ1) is 9.49. The van der Waals surface area contributed by atoms with Crippen LogP contribution in [0.5, 0.6) is 0 Å². The number of nitrogens with zero attached hydrogens (tertiary/aromatic N) is 1. The van der Waals surface area contributed by atoms with E-state index in [4.69, 9.17) is 9.84 Å². The summed E-state index contributed by atoms with van der Waals surface area (Å²) in [4.78, 5) is 25.4. The molecule has 20 heavy (non-hydrogen) atoms. The van der Waals surface area contributed by atoms with Gasteiger partial charge in [-0.2, -0.15) is 0 Å². The van der Waals surface area contributed by atoms with Gasteiger partial charge in [0.15, 0.2) is 0 Å². The van der Waals surface area contributed by atoms with E-state index >= 15 is 0 Å². The number of hydrogen-bond donors (Lipinski definition) is 4. The van der Waals surface area contributed by atoms with Crippen LogP contribution >= 0.6 is 0 Å². The van der Waals surface area contributed by atoms with E-state index in [2.05, 4.69) is 11.6 Å². The number of hydrogen-bond acceptors (Lipinski definition) is 6. The first-order valence-electron chi connectivity index (χ1n) is 6.06. The lowest BCUT2D eigenvalue weighted by atomic mass is 10.0. The van der Waals surface area contributed by atoms with Gasteiger partial charge in [-0.15, -0.1) is 6.58 Å². The van der Waals surface area contributed by atoms with E-state index in [-0.39, 0.29) is 12.1 Å². The summed E-state index contributed by atoms with van der Waals surface area (Å²) in [5, 5.41) is 28.6. The van der Waals surface area contributed by atoms with Crippen LogP contribution in [0.4, 0.5) is 0 Å². The average molecular weight is 284 g/mol. The molecule has 0 aliphatic carbocycles. The highest BCUT2D eigenvalue weighted by molar-refractivity contribution is 5.14. The summed E-state index contributed by atoms with van der Waals surface area (Å²) in [5.41, 5.74) is -1.30. The molecule has 0 aromatic carbocycles. The lowest BCUT2D eigenvalue weighted by Crippen LogP contribution is -2.36. The van der Waals surface area contributed by atoms with Crippen LogP contribution < -0.4 is 11.2 Å². The Morgan fingerprint density at radius 1 is 1.40 bits per heavy atom. The van der Waals surface area contributed by atoms with Gasteiger partial charge in [-0.25, -0.2) is 4.79 Å². The Labute approximate surface area is 113 Å². The van der Waals surface area contributed by atoms with Crippen LogP contribution in [0.2, 0.25) is 0 Å². The van der Waals surface area contributed by atoms with Gasteiger partial charge in [-0.3, -0.25) is 14.3 Å². The van der Waals surface area contributed by atoms with Crippen LogP contribution in [0.25, 0.3) is 0 Å². The highest BCUT2D eigenvalue weighted by Crippen LogP contribution is 2.31. The lowest BCUT2D eigenvalue weighted by molar-refractivity contribution is -0.0233. The normalized spacial score (nSPS) is 29.6. The zero-order valence-corrected chi connectivity index (χ0v) is 10.6. The molecule has 0 bridgehead atoms. The maximum absolute atomic E-state index is 11.8. The zero-order valence-electron chi connectivity index (χ0n) is 10.6. The summed E-state index contributed by atoms with van der Waals surface area (Å²) in [6, 6.07) is 0. The Morgan fingerprint density at radius 3 is 2.65 bits per heavy atom. The Hall–Kier alpha value is -1.74. The van der Waals surface area contributed by atoms with Crippen molar-refractivity contribution in [3.05, 3.63) is 45.3 Å². The number of aliphatic hydroxyl groups is 3. The summed E-state index contributed by atoms with van der Waals surface area (Å²) in [5.74, 6) is 0. The second kappa shape index (κ2) is 5.71. The first kappa shape index (κ1) is 14.7. The summed E-state index contributed by atoms with van der Waals surface area (Å²) in [6.45, 7) is 3.18. The van der Waals surface area contributed by atoms with E-state index in [0.29, 0.717) is 0 Å². The molecule has 1 saturated heterocycles. The first-order valence-corrected chi connectivity index (χ1v) is 6.06. The predicted octanol–water partition coefficient (Wildman–Crippen LogP) is -2.12. The minimum Gasteiger partial charge on any atom is -0.394 e. The molecule has 1 aliphatic heterocycles. The average Bonchev–Trinajstić information content (AvgIpc) is 2.70. The third-order valence-electron chi connectivity index (χ3n) is 3.21. The number of aromatic nitrogens is 2. The van der Waals surface area contributed by atoms with Gasteiger partial charge in [-0.1, -0.05) is 6.08 Å². The van der Waals surface area contributed by atoms with Gasteiger partial charge in [0.25, 0.3) is 5.56 Å². The standard InChI is InChI=1S/C12H16N2O6/c1-2-3-14-4-6(11(18)13-12(14)19)10-9(17)8(16)7(5-15)20-10/h2,4,7-10,15-17H,1,3,5H2,(H,13,18,19)/t7-,8?,9?,10+/m1/s1. The van der Waals surface area contributed by atoms with Crippen molar-refractivity contribution in [2.24, 2.45) is 0 Å². The summed E-state index contributed by atoms with van der Waals surface area (Å²) >= 11 is 0. The largest absolute Gasteiger partial charge is 0.394 e. The number of nitrogens with one attached hydrogen (secondary N) is 1. The summed E-state index contributed by atoms with van der Waals surface area (Å²) in [6.07, 6.45) is -2.02. The lowest BCUT2D eigenvalue weighted by Gasteiger charge is -2.15. The van der Waals surface area contributed by atoms with Crippen LogP contribution in [0.15, 0.2) is 28.4 Å². The molecule has 1 aromatic heterocycles. The predicted molar refractivity (Wildman–Crippen MR) is 68.2 cm³/mol. The fourth-order valence-electron chi connectivity index (χ4n) is 2.16. The molecule has 2 unspecified atom stereocenters. The fraction of sp³-hybridized carbons (Fsp3) is 0.500. The maximum atomic E-state index is 11.8. The van der Waals surface area contributed by atoms with E-state index in [1.165, 1.54) is 16.8 Å². The third kappa shape index (κ3) is 2.46. The van der Waals surface area contributed by atoms with E-state index in [9.17, 15) is 19.8 Å². The molecule has 8 nitrogen and oxygen atoms in total. The van der Waals surface area contributed by atoms with Gasteiger partial charge in [-0.05, 0) is 0 Å². The maximum Gasteiger partial charge on any atom is 0.328 e. The van der Waals surface area contributed by atoms with Crippen LogP contribution in [0, 0.1) is 0 Å². The SMILES string of the molecule is C=CCn1cc([C@@H]2O[C@H](CO)C(O)C2O)c(=O)[nH]c1=O. The highest BCUT2D eigenvalue weighted by Gasteiger charge is 2.44. The number of ether oxygens (including phenoxy) is 1. The minimum absolute atomic E-state index is 0.00829. The second-order valence-corrected chi connectivity index (χ2v) is 4.54. The minimum atomic E-state index is -1.36. The van der Waals surface area contributed by atoms with Crippen molar-refractivity contribution in [2.45, 2.75) is 31.0 Å². The number of H-pyrrole nitrogens is 1. The second-order valence-electron chi connectivity index (χ2n) is 4.54. The van der Waals surface area contributed by atoms with Crippen molar-refractivity contribution in [1.29, 1.82) is 0 Å². The van der Waals surface area contributed by atoms with Crippen molar-refractivity contribution in [3.63, 3.8) is 0 Å². The molecule has 110 valence electrons. The third-order valence-corrected chi connectivity index (χ3v) is 3.21. The highest BCUT2D eigenvalue weighted by atomic mass is 16.6. The van der Waals surface area contributed by atoms with Gasteiger partial charge in [0, 0.05) is 12.7 Å². The van der Waals surface area contributed by atoms with Gasteiger partial charge < -0.3 is 20.1 Å². The number of aliphatic hydroxyl groups excluding tert-OH is 3.